The molecule has 0 saturated carbocycles. The van der Waals surface area contributed by atoms with Gasteiger partial charge >= 0.3 is 0 Å². The van der Waals surface area contributed by atoms with E-state index in [0.717, 1.165) is 16.9 Å². The van der Waals surface area contributed by atoms with Crippen LogP contribution in [0.5, 0.6) is 0 Å². The maximum absolute atomic E-state index is 11.8. The second-order valence-corrected chi connectivity index (χ2v) is 5.66. The summed E-state index contributed by atoms with van der Waals surface area (Å²) in [4.78, 5) is 16.8. The molecule has 0 aliphatic heterocycles. The Hall–Kier alpha value is -2.47. The van der Waals surface area contributed by atoms with Gasteiger partial charge in [0.25, 0.3) is 5.91 Å². The lowest BCUT2D eigenvalue weighted by molar-refractivity contribution is 0.0957. The van der Waals surface area contributed by atoms with Crippen LogP contribution in [0.15, 0.2) is 52.4 Å². The van der Waals surface area contributed by atoms with Crippen LogP contribution in [0.1, 0.15) is 22.0 Å². The van der Waals surface area contributed by atoms with Crippen LogP contribution in [0.2, 0.25) is 0 Å². The van der Waals surface area contributed by atoms with Gasteiger partial charge in [-0.1, -0.05) is 41.6 Å². The van der Waals surface area contributed by atoms with Crippen molar-refractivity contribution >= 4 is 17.2 Å². The molecular formula is C16H15N3O2S. The van der Waals surface area contributed by atoms with E-state index in [1.165, 1.54) is 11.3 Å². The summed E-state index contributed by atoms with van der Waals surface area (Å²) in [5.41, 5.74) is 0.934. The largest absolute Gasteiger partial charge is 0.351 e. The van der Waals surface area contributed by atoms with Crippen molar-refractivity contribution in [2.45, 2.75) is 12.8 Å². The molecular weight excluding hydrogens is 298 g/mol. The highest BCUT2D eigenvalue weighted by atomic mass is 32.1. The molecule has 1 aromatic carbocycles. The van der Waals surface area contributed by atoms with Gasteiger partial charge in [-0.3, -0.25) is 4.79 Å². The van der Waals surface area contributed by atoms with E-state index in [9.17, 15) is 4.79 Å². The van der Waals surface area contributed by atoms with Gasteiger partial charge in [-0.05, 0) is 17.9 Å². The van der Waals surface area contributed by atoms with Crippen molar-refractivity contribution < 1.29 is 9.32 Å². The molecule has 0 spiro atoms. The van der Waals surface area contributed by atoms with Crippen molar-refractivity contribution in [2.75, 3.05) is 6.54 Å². The number of rotatable bonds is 6. The molecule has 3 aromatic rings. The number of carbonyl (C=O) groups is 1. The molecule has 0 atom stereocenters. The molecule has 6 heteroatoms. The van der Waals surface area contributed by atoms with Crippen molar-refractivity contribution in [1.29, 1.82) is 0 Å². The molecule has 1 amide bonds. The lowest BCUT2D eigenvalue weighted by atomic mass is 10.2. The zero-order chi connectivity index (χ0) is 15.2. The highest BCUT2D eigenvalue weighted by molar-refractivity contribution is 7.12. The Balaban J connectivity index is 1.47. The molecule has 2 aromatic heterocycles. The Kier molecular flexibility index (Phi) is 4.60. The van der Waals surface area contributed by atoms with Gasteiger partial charge in [0.1, 0.15) is 0 Å². The van der Waals surface area contributed by atoms with Gasteiger partial charge < -0.3 is 9.84 Å². The number of hydrogen-bond donors (Lipinski definition) is 1. The van der Waals surface area contributed by atoms with Gasteiger partial charge in [0.05, 0.1) is 4.88 Å². The molecule has 0 saturated heterocycles. The van der Waals surface area contributed by atoms with E-state index < -0.39 is 0 Å². The molecule has 22 heavy (non-hydrogen) atoms. The minimum absolute atomic E-state index is 0.0366. The second-order valence-electron chi connectivity index (χ2n) is 4.71. The Morgan fingerprint density at radius 1 is 1.18 bits per heavy atom. The van der Waals surface area contributed by atoms with Gasteiger partial charge in [0.2, 0.25) is 11.7 Å². The monoisotopic (exact) mass is 313 g/mol. The second kappa shape index (κ2) is 7.00. The smallest absolute Gasteiger partial charge is 0.261 e. The van der Waals surface area contributed by atoms with Crippen LogP contribution < -0.4 is 5.32 Å². The van der Waals surface area contributed by atoms with E-state index in [1.807, 2.05) is 47.8 Å². The number of nitrogens with zero attached hydrogens (tertiary/aromatic N) is 2. The first-order valence-corrected chi connectivity index (χ1v) is 7.90. The third-order valence-corrected chi connectivity index (χ3v) is 3.97. The zero-order valence-corrected chi connectivity index (χ0v) is 12.7. The van der Waals surface area contributed by atoms with Crippen LogP contribution in [0.25, 0.3) is 11.4 Å². The summed E-state index contributed by atoms with van der Waals surface area (Å²) >= 11 is 1.43. The SMILES string of the molecule is O=C(NCCCc1nc(-c2ccccc2)no1)c1cccs1. The van der Waals surface area contributed by atoms with Crippen LogP contribution in [-0.2, 0) is 6.42 Å². The summed E-state index contributed by atoms with van der Waals surface area (Å²) < 4.78 is 5.23. The normalized spacial score (nSPS) is 10.5. The maximum Gasteiger partial charge on any atom is 0.261 e. The van der Waals surface area contributed by atoms with Crippen LogP contribution in [0.3, 0.4) is 0 Å². The first-order chi connectivity index (χ1) is 10.8. The number of nitrogens with one attached hydrogen (secondary N) is 1. The van der Waals surface area contributed by atoms with Crippen LogP contribution in [-0.4, -0.2) is 22.6 Å². The molecule has 0 radical (unpaired) electrons. The molecule has 0 unspecified atom stereocenters. The Morgan fingerprint density at radius 3 is 2.82 bits per heavy atom. The summed E-state index contributed by atoms with van der Waals surface area (Å²) in [6.07, 6.45) is 1.40. The fourth-order valence-corrected chi connectivity index (χ4v) is 2.64. The standard InChI is InChI=1S/C16H15N3O2S/c20-16(13-8-5-11-22-13)17-10-4-9-14-18-15(19-21-14)12-6-2-1-3-7-12/h1-3,5-8,11H,4,9-10H2,(H,17,20). The number of thiophene rings is 1. The minimum Gasteiger partial charge on any atom is -0.351 e. The summed E-state index contributed by atoms with van der Waals surface area (Å²) in [6, 6.07) is 13.4. The fourth-order valence-electron chi connectivity index (χ4n) is 2.00. The number of benzene rings is 1. The Morgan fingerprint density at radius 2 is 2.05 bits per heavy atom. The summed E-state index contributed by atoms with van der Waals surface area (Å²) in [7, 11) is 0. The quantitative estimate of drug-likeness (QED) is 0.710. The number of aryl methyl sites for hydroxylation is 1. The van der Waals surface area contributed by atoms with E-state index >= 15 is 0 Å². The predicted octanol–water partition coefficient (Wildman–Crippen LogP) is 3.16. The first kappa shape index (κ1) is 14.5. The van der Waals surface area contributed by atoms with Crippen molar-refractivity contribution in [3.63, 3.8) is 0 Å². The molecule has 1 N–H and O–H groups in total. The van der Waals surface area contributed by atoms with Crippen molar-refractivity contribution in [3.8, 4) is 11.4 Å². The summed E-state index contributed by atoms with van der Waals surface area (Å²) in [5.74, 6) is 1.15. The van der Waals surface area contributed by atoms with Crippen molar-refractivity contribution in [3.05, 3.63) is 58.6 Å². The molecule has 5 nitrogen and oxygen atoms in total. The van der Waals surface area contributed by atoms with Gasteiger partial charge in [-0.2, -0.15) is 4.98 Å². The zero-order valence-electron chi connectivity index (χ0n) is 11.9. The highest BCUT2D eigenvalue weighted by Gasteiger charge is 2.09. The molecule has 2 heterocycles. The third-order valence-electron chi connectivity index (χ3n) is 3.10. The predicted molar refractivity (Wildman–Crippen MR) is 84.7 cm³/mol. The molecule has 0 aliphatic carbocycles. The van der Waals surface area contributed by atoms with E-state index in [2.05, 4.69) is 15.5 Å². The fraction of sp³-hybridized carbons (Fsp3) is 0.188. The molecule has 0 aliphatic rings. The molecule has 3 rings (SSSR count). The Labute approximate surface area is 132 Å². The average molecular weight is 313 g/mol. The van der Waals surface area contributed by atoms with E-state index in [4.69, 9.17) is 4.52 Å². The lowest BCUT2D eigenvalue weighted by Crippen LogP contribution is -2.23. The molecule has 0 fully saturated rings. The molecule has 112 valence electrons. The summed E-state index contributed by atoms with van der Waals surface area (Å²) in [6.45, 7) is 0.583. The maximum atomic E-state index is 11.8. The van der Waals surface area contributed by atoms with Gasteiger partial charge in [-0.25, -0.2) is 0 Å². The van der Waals surface area contributed by atoms with E-state index in [0.29, 0.717) is 24.7 Å². The first-order valence-electron chi connectivity index (χ1n) is 7.02. The van der Waals surface area contributed by atoms with Crippen LogP contribution in [0.4, 0.5) is 0 Å². The topological polar surface area (TPSA) is 68.0 Å². The number of hydrogen-bond acceptors (Lipinski definition) is 5. The van der Waals surface area contributed by atoms with Crippen LogP contribution >= 0.6 is 11.3 Å². The highest BCUT2D eigenvalue weighted by Crippen LogP contribution is 2.15. The van der Waals surface area contributed by atoms with E-state index in [-0.39, 0.29) is 5.91 Å². The van der Waals surface area contributed by atoms with Gasteiger partial charge in [0.15, 0.2) is 0 Å². The van der Waals surface area contributed by atoms with Crippen LogP contribution in [0, 0.1) is 0 Å². The number of aromatic nitrogens is 2. The lowest BCUT2D eigenvalue weighted by Gasteiger charge is -2.01. The molecule has 0 bridgehead atoms. The average Bonchev–Trinajstić information content (AvgIpc) is 3.24. The summed E-state index contributed by atoms with van der Waals surface area (Å²) in [5, 5.41) is 8.73. The van der Waals surface area contributed by atoms with Crippen molar-refractivity contribution in [1.82, 2.24) is 15.5 Å². The Bertz CT molecular complexity index is 723. The van der Waals surface area contributed by atoms with Crippen molar-refractivity contribution in [2.24, 2.45) is 0 Å². The minimum atomic E-state index is -0.0366. The van der Waals surface area contributed by atoms with Gasteiger partial charge in [0, 0.05) is 18.5 Å². The third kappa shape index (κ3) is 3.59. The van der Waals surface area contributed by atoms with E-state index in [1.54, 1.807) is 0 Å². The van der Waals surface area contributed by atoms with Gasteiger partial charge in [-0.15, -0.1) is 11.3 Å². The number of amides is 1. The number of carbonyl (C=O) groups excluding carboxylic acids is 1.